The Balaban J connectivity index is 2.20. The predicted molar refractivity (Wildman–Crippen MR) is 33.9 cm³/mol. The number of hydrogen-bond acceptors (Lipinski definition) is 2. The van der Waals surface area contributed by atoms with Crippen LogP contribution in [0, 0.1) is 11.8 Å². The van der Waals surface area contributed by atoms with Crippen molar-refractivity contribution < 1.29 is 9.53 Å². The first kappa shape index (κ1) is 6.59. The third-order valence-corrected chi connectivity index (χ3v) is 1.70. The Hall–Kier alpha value is -0.530. The van der Waals surface area contributed by atoms with Gasteiger partial charge in [-0.15, -0.1) is 0 Å². The highest BCUT2D eigenvalue weighted by Crippen LogP contribution is 2.38. The second-order valence-corrected chi connectivity index (χ2v) is 2.57. The number of ether oxygens (including phenoxy) is 1. The van der Waals surface area contributed by atoms with E-state index in [0.29, 0.717) is 12.5 Å². The quantitative estimate of drug-likeness (QED) is 0.522. The molecule has 2 atom stereocenters. The van der Waals surface area contributed by atoms with E-state index in [0.717, 1.165) is 6.42 Å². The van der Waals surface area contributed by atoms with Crippen LogP contribution >= 0.6 is 0 Å². The van der Waals surface area contributed by atoms with Crippen LogP contribution in [0.25, 0.3) is 0 Å². The molecule has 0 aliphatic heterocycles. The van der Waals surface area contributed by atoms with E-state index in [-0.39, 0.29) is 11.9 Å². The van der Waals surface area contributed by atoms with Crippen LogP contribution in [-0.4, -0.2) is 12.6 Å². The molecule has 1 aliphatic carbocycles. The minimum Gasteiger partial charge on any atom is -0.466 e. The Bertz CT molecular complexity index is 120. The van der Waals surface area contributed by atoms with Crippen LogP contribution in [0.1, 0.15) is 20.3 Å². The van der Waals surface area contributed by atoms with Crippen LogP contribution in [0.15, 0.2) is 0 Å². The molecule has 0 heterocycles. The van der Waals surface area contributed by atoms with Crippen molar-refractivity contribution in [2.45, 2.75) is 20.3 Å². The SMILES string of the molecule is CCOC(=O)C1C[C@H]1C. The van der Waals surface area contributed by atoms with Gasteiger partial charge in [0.05, 0.1) is 12.5 Å². The smallest absolute Gasteiger partial charge is 0.309 e. The molecule has 2 nitrogen and oxygen atoms in total. The number of hydrogen-bond donors (Lipinski definition) is 0. The van der Waals surface area contributed by atoms with E-state index >= 15 is 0 Å². The number of esters is 1. The Morgan fingerprint density at radius 2 is 2.33 bits per heavy atom. The molecule has 0 saturated heterocycles. The highest BCUT2D eigenvalue weighted by molar-refractivity contribution is 5.75. The molecule has 0 aromatic heterocycles. The van der Waals surface area contributed by atoms with Gasteiger partial charge in [0.25, 0.3) is 0 Å². The van der Waals surface area contributed by atoms with Crippen molar-refractivity contribution in [3.05, 3.63) is 0 Å². The van der Waals surface area contributed by atoms with Gasteiger partial charge in [-0.2, -0.15) is 0 Å². The lowest BCUT2D eigenvalue weighted by molar-refractivity contribution is -0.144. The van der Waals surface area contributed by atoms with Gasteiger partial charge in [0.2, 0.25) is 0 Å². The van der Waals surface area contributed by atoms with Crippen LogP contribution in [-0.2, 0) is 9.53 Å². The first-order valence-electron chi connectivity index (χ1n) is 3.42. The molecule has 0 aromatic carbocycles. The van der Waals surface area contributed by atoms with Gasteiger partial charge in [0, 0.05) is 0 Å². The van der Waals surface area contributed by atoms with Crippen LogP contribution < -0.4 is 0 Å². The molecule has 1 saturated carbocycles. The third-order valence-electron chi connectivity index (χ3n) is 1.70. The van der Waals surface area contributed by atoms with Gasteiger partial charge in [-0.25, -0.2) is 0 Å². The van der Waals surface area contributed by atoms with E-state index in [1.54, 1.807) is 0 Å². The summed E-state index contributed by atoms with van der Waals surface area (Å²) in [4.78, 5) is 10.8. The van der Waals surface area contributed by atoms with Gasteiger partial charge in [-0.1, -0.05) is 6.92 Å². The second kappa shape index (κ2) is 2.38. The number of carbonyl (C=O) groups is 1. The number of carbonyl (C=O) groups excluding carboxylic acids is 1. The molecular formula is C7H12O2. The molecule has 0 radical (unpaired) electrons. The van der Waals surface area contributed by atoms with Crippen molar-refractivity contribution in [1.29, 1.82) is 0 Å². The zero-order valence-corrected chi connectivity index (χ0v) is 5.89. The van der Waals surface area contributed by atoms with E-state index in [1.165, 1.54) is 0 Å². The summed E-state index contributed by atoms with van der Waals surface area (Å²) in [6, 6.07) is 0. The van der Waals surface area contributed by atoms with Crippen molar-refractivity contribution in [3.63, 3.8) is 0 Å². The van der Waals surface area contributed by atoms with Crippen molar-refractivity contribution in [2.24, 2.45) is 11.8 Å². The van der Waals surface area contributed by atoms with Gasteiger partial charge in [-0.3, -0.25) is 4.79 Å². The van der Waals surface area contributed by atoms with Crippen molar-refractivity contribution in [3.8, 4) is 0 Å². The normalized spacial score (nSPS) is 31.8. The Morgan fingerprint density at radius 1 is 1.78 bits per heavy atom. The fourth-order valence-corrected chi connectivity index (χ4v) is 0.900. The maximum absolute atomic E-state index is 10.8. The summed E-state index contributed by atoms with van der Waals surface area (Å²) in [6.45, 7) is 4.43. The molecule has 1 aliphatic rings. The molecule has 1 unspecified atom stereocenters. The summed E-state index contributed by atoms with van der Waals surface area (Å²) in [7, 11) is 0. The molecule has 0 amide bonds. The minimum absolute atomic E-state index is 0.00926. The molecule has 0 aromatic rings. The zero-order chi connectivity index (χ0) is 6.85. The van der Waals surface area contributed by atoms with E-state index < -0.39 is 0 Å². The van der Waals surface area contributed by atoms with Gasteiger partial charge in [0.15, 0.2) is 0 Å². The van der Waals surface area contributed by atoms with Gasteiger partial charge in [0.1, 0.15) is 0 Å². The lowest BCUT2D eigenvalue weighted by Crippen LogP contribution is -2.06. The summed E-state index contributed by atoms with van der Waals surface area (Å²) in [6.07, 6.45) is 1.03. The van der Waals surface area contributed by atoms with E-state index in [1.807, 2.05) is 6.92 Å². The Morgan fingerprint density at radius 3 is 2.67 bits per heavy atom. The van der Waals surface area contributed by atoms with Crippen LogP contribution in [0.5, 0.6) is 0 Å². The molecule has 0 spiro atoms. The molecule has 52 valence electrons. The molecular weight excluding hydrogens is 116 g/mol. The van der Waals surface area contributed by atoms with Crippen LogP contribution in [0.3, 0.4) is 0 Å². The van der Waals surface area contributed by atoms with Gasteiger partial charge < -0.3 is 4.74 Å². The third kappa shape index (κ3) is 1.44. The van der Waals surface area contributed by atoms with Crippen LogP contribution in [0.4, 0.5) is 0 Å². The van der Waals surface area contributed by atoms with Crippen LogP contribution in [0.2, 0.25) is 0 Å². The maximum Gasteiger partial charge on any atom is 0.309 e. The second-order valence-electron chi connectivity index (χ2n) is 2.57. The minimum atomic E-state index is -0.00926. The Kier molecular flexibility index (Phi) is 1.74. The summed E-state index contributed by atoms with van der Waals surface area (Å²) >= 11 is 0. The van der Waals surface area contributed by atoms with E-state index in [9.17, 15) is 4.79 Å². The van der Waals surface area contributed by atoms with Crippen molar-refractivity contribution in [1.82, 2.24) is 0 Å². The maximum atomic E-state index is 10.8. The van der Waals surface area contributed by atoms with Crippen molar-refractivity contribution >= 4 is 5.97 Å². The standard InChI is InChI=1S/C7H12O2/c1-3-9-7(8)6-4-5(6)2/h5-6H,3-4H2,1-2H3/t5-,6?/m1/s1. The first-order valence-corrected chi connectivity index (χ1v) is 3.42. The molecule has 9 heavy (non-hydrogen) atoms. The molecule has 1 rings (SSSR count). The zero-order valence-electron chi connectivity index (χ0n) is 5.89. The van der Waals surface area contributed by atoms with Gasteiger partial charge in [-0.05, 0) is 19.3 Å². The fourth-order valence-electron chi connectivity index (χ4n) is 0.900. The number of rotatable bonds is 2. The lowest BCUT2D eigenvalue weighted by atomic mass is 10.3. The Labute approximate surface area is 55.2 Å². The molecule has 1 fully saturated rings. The monoisotopic (exact) mass is 128 g/mol. The van der Waals surface area contributed by atoms with Crippen molar-refractivity contribution in [2.75, 3.05) is 6.61 Å². The fraction of sp³-hybridized carbons (Fsp3) is 0.857. The largest absolute Gasteiger partial charge is 0.466 e. The predicted octanol–water partition coefficient (Wildman–Crippen LogP) is 1.21. The van der Waals surface area contributed by atoms with E-state index in [2.05, 4.69) is 6.92 Å². The highest BCUT2D eigenvalue weighted by Gasteiger charge is 2.40. The average molecular weight is 128 g/mol. The average Bonchev–Trinajstić information content (AvgIpc) is 2.47. The summed E-state index contributed by atoms with van der Waals surface area (Å²) in [5, 5.41) is 0. The highest BCUT2D eigenvalue weighted by atomic mass is 16.5. The molecule has 0 N–H and O–H groups in total. The summed E-state index contributed by atoms with van der Waals surface area (Å²) in [5.41, 5.74) is 0. The summed E-state index contributed by atoms with van der Waals surface area (Å²) in [5.74, 6) is 0.791. The topological polar surface area (TPSA) is 26.3 Å². The molecule has 0 bridgehead atoms. The summed E-state index contributed by atoms with van der Waals surface area (Å²) < 4.78 is 4.80. The first-order chi connectivity index (χ1) is 4.25. The lowest BCUT2D eigenvalue weighted by Gasteiger charge is -1.96. The molecule has 2 heteroatoms. The van der Waals surface area contributed by atoms with Gasteiger partial charge >= 0.3 is 5.97 Å². The van der Waals surface area contributed by atoms with E-state index in [4.69, 9.17) is 4.74 Å².